The zero-order chi connectivity index (χ0) is 20.1. The van der Waals surface area contributed by atoms with Gasteiger partial charge in [0.25, 0.3) is 0 Å². The molecule has 1 aromatic heterocycles. The van der Waals surface area contributed by atoms with Crippen LogP contribution in [-0.2, 0) is 20.8 Å². The molecule has 2 N–H and O–H groups in total. The molecule has 1 aromatic carbocycles. The largest absolute Gasteiger partial charge is 0.344 e. The average molecular weight is 380 g/mol. The Morgan fingerprint density at radius 2 is 1.71 bits per heavy atom. The maximum atomic E-state index is 12.9. The summed E-state index contributed by atoms with van der Waals surface area (Å²) in [6, 6.07) is 10.7. The van der Waals surface area contributed by atoms with E-state index in [9.17, 15) is 14.4 Å². The third kappa shape index (κ3) is 4.54. The fraction of sp³-hybridized carbons (Fsp3) is 0.333. The lowest BCUT2D eigenvalue weighted by Gasteiger charge is -2.23. The van der Waals surface area contributed by atoms with Gasteiger partial charge in [0.2, 0.25) is 17.7 Å². The number of hydrogen-bond acceptors (Lipinski definition) is 4. The van der Waals surface area contributed by atoms with Crippen molar-refractivity contribution >= 4 is 29.1 Å². The van der Waals surface area contributed by atoms with Crippen molar-refractivity contribution in [1.29, 1.82) is 0 Å². The van der Waals surface area contributed by atoms with E-state index in [1.54, 1.807) is 48.6 Å². The van der Waals surface area contributed by atoms with E-state index in [1.165, 1.54) is 6.92 Å². The molecule has 1 saturated carbocycles. The van der Waals surface area contributed by atoms with E-state index in [2.05, 4.69) is 15.6 Å². The van der Waals surface area contributed by atoms with Crippen LogP contribution in [0.2, 0.25) is 0 Å². The molecule has 0 saturated heterocycles. The second kappa shape index (κ2) is 8.21. The lowest BCUT2D eigenvalue weighted by molar-refractivity contribution is -0.141. The first kappa shape index (κ1) is 19.5. The molecule has 3 rings (SSSR count). The maximum absolute atomic E-state index is 12.9. The first-order valence-electron chi connectivity index (χ1n) is 9.24. The summed E-state index contributed by atoms with van der Waals surface area (Å²) in [5.41, 5.74) is 1.25. The van der Waals surface area contributed by atoms with Gasteiger partial charge < -0.3 is 15.5 Å². The molecule has 0 atom stereocenters. The summed E-state index contributed by atoms with van der Waals surface area (Å²) in [4.78, 5) is 42.5. The summed E-state index contributed by atoms with van der Waals surface area (Å²) >= 11 is 0. The maximum Gasteiger partial charge on any atom is 0.240 e. The van der Waals surface area contributed by atoms with E-state index in [0.29, 0.717) is 37.2 Å². The highest BCUT2D eigenvalue weighted by Crippen LogP contribution is 2.48. The summed E-state index contributed by atoms with van der Waals surface area (Å²) in [6.07, 6.45) is 5.25. The molecule has 0 aliphatic heterocycles. The van der Waals surface area contributed by atoms with Crippen LogP contribution in [0.1, 0.15) is 25.3 Å². The number of amides is 3. The van der Waals surface area contributed by atoms with Crippen molar-refractivity contribution in [3.05, 3.63) is 54.4 Å². The zero-order valence-corrected chi connectivity index (χ0v) is 16.1. The monoisotopic (exact) mass is 380 g/mol. The molecule has 1 aliphatic rings. The summed E-state index contributed by atoms with van der Waals surface area (Å²) < 4.78 is 0. The third-order valence-electron chi connectivity index (χ3n) is 4.87. The van der Waals surface area contributed by atoms with Crippen LogP contribution in [0.4, 0.5) is 11.4 Å². The molecule has 7 heteroatoms. The summed E-state index contributed by atoms with van der Waals surface area (Å²) in [6.45, 7) is 1.96. The minimum atomic E-state index is -0.989. The van der Waals surface area contributed by atoms with Crippen LogP contribution in [0, 0.1) is 5.41 Å². The van der Waals surface area contributed by atoms with E-state index < -0.39 is 5.41 Å². The van der Waals surface area contributed by atoms with Crippen LogP contribution in [0.3, 0.4) is 0 Å². The first-order valence-corrected chi connectivity index (χ1v) is 9.24. The number of anilines is 2. The van der Waals surface area contributed by atoms with E-state index in [0.717, 1.165) is 5.56 Å². The van der Waals surface area contributed by atoms with E-state index in [4.69, 9.17) is 0 Å². The predicted molar refractivity (Wildman–Crippen MR) is 107 cm³/mol. The number of nitrogens with zero attached hydrogens (tertiary/aromatic N) is 2. The number of hydrogen-bond donors (Lipinski definition) is 2. The Hall–Kier alpha value is -3.22. The highest BCUT2D eigenvalue weighted by atomic mass is 16.2. The van der Waals surface area contributed by atoms with Crippen molar-refractivity contribution < 1.29 is 14.4 Å². The minimum Gasteiger partial charge on any atom is -0.344 e. The van der Waals surface area contributed by atoms with Gasteiger partial charge in [-0.15, -0.1) is 0 Å². The number of benzene rings is 1. The quantitative estimate of drug-likeness (QED) is 0.722. The fourth-order valence-electron chi connectivity index (χ4n) is 3.10. The average Bonchev–Trinajstić information content (AvgIpc) is 3.48. The smallest absolute Gasteiger partial charge is 0.240 e. The third-order valence-corrected chi connectivity index (χ3v) is 4.87. The molecule has 1 heterocycles. The van der Waals surface area contributed by atoms with Gasteiger partial charge in [0.1, 0.15) is 5.41 Å². The molecule has 0 unspecified atom stereocenters. The lowest BCUT2D eigenvalue weighted by atomic mass is 10.0. The van der Waals surface area contributed by atoms with Gasteiger partial charge in [-0.2, -0.15) is 0 Å². The van der Waals surface area contributed by atoms with Crippen molar-refractivity contribution in [3.8, 4) is 0 Å². The second-order valence-electron chi connectivity index (χ2n) is 7.13. The lowest BCUT2D eigenvalue weighted by Crippen LogP contribution is -2.41. The van der Waals surface area contributed by atoms with Crippen LogP contribution in [0.25, 0.3) is 0 Å². The van der Waals surface area contributed by atoms with Crippen LogP contribution >= 0.6 is 0 Å². The Morgan fingerprint density at radius 3 is 2.32 bits per heavy atom. The van der Waals surface area contributed by atoms with E-state index in [1.807, 2.05) is 12.1 Å². The van der Waals surface area contributed by atoms with Crippen LogP contribution in [-0.4, -0.2) is 41.2 Å². The number of carbonyl (C=O) groups excluding carboxylic acids is 3. The minimum absolute atomic E-state index is 0.155. The first-order chi connectivity index (χ1) is 13.4. The van der Waals surface area contributed by atoms with Gasteiger partial charge in [-0.1, -0.05) is 6.07 Å². The SMILES string of the molecule is CC(=O)Nc1cccc(NC(=O)C2(C(=O)N(C)CCc3ccncc3)CC2)c1. The Balaban J connectivity index is 1.61. The fourth-order valence-corrected chi connectivity index (χ4v) is 3.10. The molecule has 0 spiro atoms. The van der Waals surface area contributed by atoms with Gasteiger partial charge >= 0.3 is 0 Å². The van der Waals surface area contributed by atoms with Crippen molar-refractivity contribution in [1.82, 2.24) is 9.88 Å². The van der Waals surface area contributed by atoms with Gasteiger partial charge in [-0.3, -0.25) is 19.4 Å². The highest BCUT2D eigenvalue weighted by Gasteiger charge is 2.57. The van der Waals surface area contributed by atoms with Gasteiger partial charge in [0.05, 0.1) is 0 Å². The molecule has 3 amide bonds. The van der Waals surface area contributed by atoms with Gasteiger partial charge in [-0.25, -0.2) is 0 Å². The molecule has 7 nitrogen and oxygen atoms in total. The number of aromatic nitrogens is 1. The molecule has 2 aromatic rings. The Kier molecular flexibility index (Phi) is 5.73. The van der Waals surface area contributed by atoms with Gasteiger partial charge in [0, 0.05) is 44.3 Å². The number of carbonyl (C=O) groups is 3. The Bertz CT molecular complexity index is 878. The van der Waals surface area contributed by atoms with E-state index >= 15 is 0 Å². The van der Waals surface area contributed by atoms with E-state index in [-0.39, 0.29) is 17.7 Å². The molecular formula is C21H24N4O3. The van der Waals surface area contributed by atoms with Crippen LogP contribution < -0.4 is 10.6 Å². The summed E-state index contributed by atoms with van der Waals surface area (Å²) in [7, 11) is 1.73. The van der Waals surface area contributed by atoms with Gasteiger partial charge in [-0.05, 0) is 55.2 Å². The molecule has 0 bridgehead atoms. The Morgan fingerprint density at radius 1 is 1.07 bits per heavy atom. The van der Waals surface area contributed by atoms with Crippen molar-refractivity contribution in [3.63, 3.8) is 0 Å². The number of nitrogens with one attached hydrogen (secondary N) is 2. The number of likely N-dealkylation sites (N-methyl/N-ethyl adjacent to an activating group) is 1. The van der Waals surface area contributed by atoms with Crippen molar-refractivity contribution in [2.75, 3.05) is 24.2 Å². The number of pyridine rings is 1. The molecular weight excluding hydrogens is 356 g/mol. The summed E-state index contributed by atoms with van der Waals surface area (Å²) in [5.74, 6) is -0.640. The van der Waals surface area contributed by atoms with Crippen LogP contribution in [0.5, 0.6) is 0 Å². The molecule has 146 valence electrons. The molecule has 28 heavy (non-hydrogen) atoms. The van der Waals surface area contributed by atoms with Crippen molar-refractivity contribution in [2.45, 2.75) is 26.2 Å². The standard InChI is InChI=1S/C21H24N4O3/c1-15(26)23-17-4-3-5-18(14-17)24-19(27)21(9-10-21)20(28)25(2)13-8-16-6-11-22-12-7-16/h3-7,11-12,14H,8-10,13H2,1-2H3,(H,23,26)(H,24,27). The van der Waals surface area contributed by atoms with Crippen LogP contribution in [0.15, 0.2) is 48.8 Å². The summed E-state index contributed by atoms with van der Waals surface area (Å²) in [5, 5.41) is 5.50. The van der Waals surface area contributed by atoms with Gasteiger partial charge in [0.15, 0.2) is 0 Å². The predicted octanol–water partition coefficient (Wildman–Crippen LogP) is 2.46. The molecule has 1 aliphatic carbocycles. The number of rotatable bonds is 7. The molecule has 0 radical (unpaired) electrons. The normalized spacial score (nSPS) is 14.1. The highest BCUT2D eigenvalue weighted by molar-refractivity contribution is 6.13. The second-order valence-corrected chi connectivity index (χ2v) is 7.13. The molecule has 1 fully saturated rings. The zero-order valence-electron chi connectivity index (χ0n) is 16.1. The topological polar surface area (TPSA) is 91.4 Å². The van der Waals surface area contributed by atoms with Crippen molar-refractivity contribution in [2.24, 2.45) is 5.41 Å². The Labute approximate surface area is 164 Å².